The molecule has 0 fully saturated rings. The third kappa shape index (κ3) is 3.78. The highest BCUT2D eigenvalue weighted by Crippen LogP contribution is 2.24. The third-order valence-corrected chi connectivity index (χ3v) is 6.29. The molecule has 0 saturated heterocycles. The SMILES string of the molecule is CCC(CSC)N(C)S(=O)(=O)c1cccc(C(=O)O)c1C. The quantitative estimate of drug-likeness (QED) is 0.831. The summed E-state index contributed by atoms with van der Waals surface area (Å²) in [5, 5.41) is 9.12. The van der Waals surface area contributed by atoms with Crippen molar-refractivity contribution in [3.05, 3.63) is 29.3 Å². The summed E-state index contributed by atoms with van der Waals surface area (Å²) in [5.74, 6) is -0.424. The summed E-state index contributed by atoms with van der Waals surface area (Å²) < 4.78 is 26.8. The first kappa shape index (κ1) is 18.0. The predicted octanol–water partition coefficient (Wildman–Crippen LogP) is 2.46. The van der Waals surface area contributed by atoms with Crippen LogP contribution in [0.2, 0.25) is 0 Å². The number of carboxylic acid groups (broad SMARTS) is 1. The molecule has 1 rings (SSSR count). The molecule has 0 radical (unpaired) electrons. The Hall–Kier alpha value is -1.05. The highest BCUT2D eigenvalue weighted by molar-refractivity contribution is 7.98. The van der Waals surface area contributed by atoms with E-state index in [-0.39, 0.29) is 22.1 Å². The minimum Gasteiger partial charge on any atom is -0.478 e. The molecule has 0 aliphatic rings. The van der Waals surface area contributed by atoms with Gasteiger partial charge < -0.3 is 5.11 Å². The summed E-state index contributed by atoms with van der Waals surface area (Å²) >= 11 is 1.59. The molecule has 0 aliphatic heterocycles. The Labute approximate surface area is 130 Å². The van der Waals surface area contributed by atoms with Crippen molar-refractivity contribution in [2.24, 2.45) is 0 Å². The van der Waals surface area contributed by atoms with Gasteiger partial charge >= 0.3 is 5.97 Å². The summed E-state index contributed by atoms with van der Waals surface area (Å²) in [7, 11) is -2.15. The van der Waals surface area contributed by atoms with E-state index in [0.29, 0.717) is 12.2 Å². The van der Waals surface area contributed by atoms with E-state index >= 15 is 0 Å². The van der Waals surface area contributed by atoms with E-state index in [1.165, 1.54) is 29.4 Å². The van der Waals surface area contributed by atoms with Gasteiger partial charge in [-0.1, -0.05) is 13.0 Å². The standard InChI is InChI=1S/C14H21NO4S2/c1-5-11(9-20-4)15(3)21(18,19)13-8-6-7-12(10(13)2)14(16)17/h6-8,11H,5,9H2,1-4H3,(H,16,17). The van der Waals surface area contributed by atoms with Crippen LogP contribution in [0.15, 0.2) is 23.1 Å². The molecule has 21 heavy (non-hydrogen) atoms. The third-order valence-electron chi connectivity index (χ3n) is 3.52. The molecule has 0 heterocycles. The summed E-state index contributed by atoms with van der Waals surface area (Å²) in [5.41, 5.74) is 0.290. The molecule has 1 unspecified atom stereocenters. The first-order valence-electron chi connectivity index (χ1n) is 6.57. The normalized spacial score (nSPS) is 13.4. The average molecular weight is 331 g/mol. The molecule has 0 spiro atoms. The van der Waals surface area contributed by atoms with E-state index in [1.807, 2.05) is 13.2 Å². The number of hydrogen-bond donors (Lipinski definition) is 1. The van der Waals surface area contributed by atoms with Gasteiger partial charge in [0.25, 0.3) is 0 Å². The van der Waals surface area contributed by atoms with Crippen molar-refractivity contribution < 1.29 is 18.3 Å². The van der Waals surface area contributed by atoms with Crippen LogP contribution in [0.1, 0.15) is 29.3 Å². The smallest absolute Gasteiger partial charge is 0.335 e. The minimum atomic E-state index is -3.70. The number of rotatable bonds is 7. The number of sulfonamides is 1. The first-order valence-corrected chi connectivity index (χ1v) is 9.40. The van der Waals surface area contributed by atoms with Crippen LogP contribution in [-0.2, 0) is 10.0 Å². The number of carbonyl (C=O) groups is 1. The molecule has 0 saturated carbocycles. The topological polar surface area (TPSA) is 74.7 Å². The molecular formula is C14H21NO4S2. The Morgan fingerprint density at radius 3 is 2.52 bits per heavy atom. The molecule has 0 aromatic heterocycles. The fourth-order valence-electron chi connectivity index (χ4n) is 2.15. The molecular weight excluding hydrogens is 310 g/mol. The van der Waals surface area contributed by atoms with Crippen molar-refractivity contribution in [1.82, 2.24) is 4.31 Å². The van der Waals surface area contributed by atoms with E-state index in [1.54, 1.807) is 18.8 Å². The maximum Gasteiger partial charge on any atom is 0.335 e. The lowest BCUT2D eigenvalue weighted by atomic mass is 10.1. The van der Waals surface area contributed by atoms with Crippen molar-refractivity contribution in [3.63, 3.8) is 0 Å². The van der Waals surface area contributed by atoms with Crippen LogP contribution in [0.5, 0.6) is 0 Å². The van der Waals surface area contributed by atoms with Gasteiger partial charge in [0, 0.05) is 18.8 Å². The van der Waals surface area contributed by atoms with E-state index in [4.69, 9.17) is 5.11 Å². The van der Waals surface area contributed by atoms with Gasteiger partial charge in [-0.2, -0.15) is 16.1 Å². The Morgan fingerprint density at radius 2 is 2.05 bits per heavy atom. The van der Waals surface area contributed by atoms with Gasteiger partial charge in [0.1, 0.15) is 0 Å². The second-order valence-corrected chi connectivity index (χ2v) is 7.65. The molecule has 0 bridgehead atoms. The van der Waals surface area contributed by atoms with Crippen molar-refractivity contribution in [2.75, 3.05) is 19.1 Å². The molecule has 1 atom stereocenters. The highest BCUT2D eigenvalue weighted by atomic mass is 32.2. The lowest BCUT2D eigenvalue weighted by Crippen LogP contribution is -2.38. The van der Waals surface area contributed by atoms with Crippen LogP contribution in [0.4, 0.5) is 0 Å². The van der Waals surface area contributed by atoms with Crippen LogP contribution in [0, 0.1) is 6.92 Å². The van der Waals surface area contributed by atoms with E-state index < -0.39 is 16.0 Å². The molecule has 1 N–H and O–H groups in total. The van der Waals surface area contributed by atoms with E-state index in [0.717, 1.165) is 0 Å². The monoisotopic (exact) mass is 331 g/mol. The largest absolute Gasteiger partial charge is 0.478 e. The number of aromatic carboxylic acids is 1. The fraction of sp³-hybridized carbons (Fsp3) is 0.500. The van der Waals surface area contributed by atoms with Crippen molar-refractivity contribution >= 4 is 27.8 Å². The van der Waals surface area contributed by atoms with Gasteiger partial charge in [-0.3, -0.25) is 0 Å². The zero-order chi connectivity index (χ0) is 16.2. The number of benzene rings is 1. The van der Waals surface area contributed by atoms with Crippen LogP contribution >= 0.6 is 11.8 Å². The summed E-state index contributed by atoms with van der Waals surface area (Å²) in [6, 6.07) is 4.22. The van der Waals surface area contributed by atoms with Crippen molar-refractivity contribution in [3.8, 4) is 0 Å². The Bertz CT molecular complexity index is 613. The number of nitrogens with zero attached hydrogens (tertiary/aromatic N) is 1. The van der Waals surface area contributed by atoms with Gasteiger partial charge in [0.2, 0.25) is 10.0 Å². The van der Waals surface area contributed by atoms with Gasteiger partial charge in [-0.25, -0.2) is 13.2 Å². The summed E-state index contributed by atoms with van der Waals surface area (Å²) in [4.78, 5) is 11.2. The second-order valence-electron chi connectivity index (χ2n) is 4.77. The van der Waals surface area contributed by atoms with Crippen molar-refractivity contribution in [2.45, 2.75) is 31.2 Å². The van der Waals surface area contributed by atoms with Crippen LogP contribution < -0.4 is 0 Å². The number of thioether (sulfide) groups is 1. The molecule has 7 heteroatoms. The van der Waals surface area contributed by atoms with Gasteiger partial charge in [0.05, 0.1) is 10.5 Å². The summed E-state index contributed by atoms with van der Waals surface area (Å²) in [6.45, 7) is 3.47. The maximum absolute atomic E-state index is 12.7. The molecule has 118 valence electrons. The Balaban J connectivity index is 3.31. The number of carboxylic acids is 1. The lowest BCUT2D eigenvalue weighted by Gasteiger charge is -2.26. The number of hydrogen-bond acceptors (Lipinski definition) is 4. The lowest BCUT2D eigenvalue weighted by molar-refractivity contribution is 0.0696. The maximum atomic E-state index is 12.7. The minimum absolute atomic E-state index is 0.0161. The zero-order valence-corrected chi connectivity index (χ0v) is 14.3. The van der Waals surface area contributed by atoms with E-state index in [9.17, 15) is 13.2 Å². The molecule has 1 aromatic carbocycles. The molecule has 0 amide bonds. The fourth-order valence-corrected chi connectivity index (χ4v) is 4.76. The van der Waals surface area contributed by atoms with Gasteiger partial charge in [0.15, 0.2) is 0 Å². The van der Waals surface area contributed by atoms with Crippen LogP contribution in [0.3, 0.4) is 0 Å². The van der Waals surface area contributed by atoms with Crippen molar-refractivity contribution in [1.29, 1.82) is 0 Å². The molecule has 5 nitrogen and oxygen atoms in total. The summed E-state index contributed by atoms with van der Waals surface area (Å²) in [6.07, 6.45) is 2.63. The molecule has 1 aromatic rings. The highest BCUT2D eigenvalue weighted by Gasteiger charge is 2.29. The zero-order valence-electron chi connectivity index (χ0n) is 12.7. The first-order chi connectivity index (χ1) is 9.77. The Kier molecular flexibility index (Phi) is 6.24. The molecule has 0 aliphatic carbocycles. The second kappa shape index (κ2) is 7.29. The van der Waals surface area contributed by atoms with Gasteiger partial charge in [-0.05, 0) is 37.3 Å². The Morgan fingerprint density at radius 1 is 1.43 bits per heavy atom. The van der Waals surface area contributed by atoms with Crippen LogP contribution in [-0.4, -0.2) is 48.9 Å². The van der Waals surface area contributed by atoms with Gasteiger partial charge in [-0.15, -0.1) is 0 Å². The predicted molar refractivity (Wildman–Crippen MR) is 85.5 cm³/mol. The van der Waals surface area contributed by atoms with E-state index in [2.05, 4.69) is 0 Å². The average Bonchev–Trinajstić information content (AvgIpc) is 2.43. The van der Waals surface area contributed by atoms with Crippen LogP contribution in [0.25, 0.3) is 0 Å².